The van der Waals surface area contributed by atoms with Crippen LogP contribution in [-0.2, 0) is 23.8 Å². The molecule has 1 amide bonds. The van der Waals surface area contributed by atoms with E-state index in [-0.39, 0.29) is 19.4 Å². The average Bonchev–Trinajstić information content (AvgIpc) is 3.37. The van der Waals surface area contributed by atoms with Gasteiger partial charge in [0.25, 0.3) is 0 Å². The third-order valence-electron chi connectivity index (χ3n) is 12.3. The van der Waals surface area contributed by atoms with Gasteiger partial charge in [0, 0.05) is 6.42 Å². The highest BCUT2D eigenvalue weighted by Crippen LogP contribution is 2.26. The van der Waals surface area contributed by atoms with Crippen LogP contribution in [-0.4, -0.2) is 99.6 Å². The van der Waals surface area contributed by atoms with Gasteiger partial charge in [0.15, 0.2) is 12.4 Å². The Bertz CT molecular complexity index is 1560. The molecule has 1 heterocycles. The van der Waals surface area contributed by atoms with Gasteiger partial charge in [-0.05, 0) is 83.5 Å². The number of aliphatic hydroxyl groups is 5. The lowest BCUT2D eigenvalue weighted by atomic mass is 9.99. The lowest BCUT2D eigenvalue weighted by Gasteiger charge is -2.41. The van der Waals surface area contributed by atoms with E-state index in [0.717, 1.165) is 89.9 Å². The molecule has 0 aromatic heterocycles. The van der Waals surface area contributed by atoms with Crippen molar-refractivity contribution in [2.24, 2.45) is 0 Å². The summed E-state index contributed by atoms with van der Waals surface area (Å²) >= 11 is 0. The Morgan fingerprint density at radius 3 is 1.68 bits per heavy atom. The molecule has 1 rings (SSSR count). The predicted molar refractivity (Wildman–Crippen MR) is 291 cm³/mol. The highest BCUT2D eigenvalue weighted by molar-refractivity contribution is 5.80. The van der Waals surface area contributed by atoms with Crippen LogP contribution in [0.25, 0.3) is 0 Å². The fourth-order valence-corrected chi connectivity index (χ4v) is 7.85. The molecule has 404 valence electrons. The number of hydrogen-bond donors (Lipinski definition) is 6. The van der Waals surface area contributed by atoms with Crippen LogP contribution in [0.5, 0.6) is 0 Å². The summed E-state index contributed by atoms with van der Waals surface area (Å²) in [6.07, 6.45) is 52.8. The van der Waals surface area contributed by atoms with Crippen molar-refractivity contribution in [1.29, 1.82) is 0 Å². The van der Waals surface area contributed by atoms with E-state index >= 15 is 0 Å². The molecule has 1 fully saturated rings. The lowest BCUT2D eigenvalue weighted by molar-refractivity contribution is -0.305. The Labute approximate surface area is 430 Å². The first-order valence-corrected chi connectivity index (χ1v) is 27.7. The van der Waals surface area contributed by atoms with Gasteiger partial charge in [-0.3, -0.25) is 9.59 Å². The molecule has 1 aliphatic rings. The summed E-state index contributed by atoms with van der Waals surface area (Å²) in [5, 5.41) is 56.7. The zero-order chi connectivity index (χ0) is 51.8. The summed E-state index contributed by atoms with van der Waals surface area (Å²) in [4.78, 5) is 26.4. The van der Waals surface area contributed by atoms with Crippen molar-refractivity contribution in [1.82, 2.24) is 5.32 Å². The average molecular weight is 994 g/mol. The number of esters is 1. The Morgan fingerprint density at radius 1 is 0.577 bits per heavy atom. The minimum atomic E-state index is -1.64. The molecular formula is C60H99NO10. The SMILES string of the molecule is CC/C=C/C=C/C=C\C=C/C=C/CCCCC(O)C(=O)NC(COC1OC(CO)C(O)C(O)C1OC(=O)CCCCCC/C=C\C/C=C\C/C=C\CCCCC)C(O)/C=C/CCCCCCCCCCC. The minimum absolute atomic E-state index is 0.0861. The molecule has 0 spiro atoms. The third-order valence-corrected chi connectivity index (χ3v) is 12.3. The van der Waals surface area contributed by atoms with Crippen molar-refractivity contribution in [3.63, 3.8) is 0 Å². The van der Waals surface area contributed by atoms with Crippen LogP contribution in [0.1, 0.15) is 194 Å². The van der Waals surface area contributed by atoms with Gasteiger partial charge in [0.1, 0.15) is 24.4 Å². The fourth-order valence-electron chi connectivity index (χ4n) is 7.85. The van der Waals surface area contributed by atoms with Crippen LogP contribution in [0.2, 0.25) is 0 Å². The smallest absolute Gasteiger partial charge is 0.306 e. The van der Waals surface area contributed by atoms with E-state index in [4.69, 9.17) is 14.2 Å². The van der Waals surface area contributed by atoms with Crippen LogP contribution >= 0.6 is 0 Å². The maximum atomic E-state index is 13.3. The molecule has 8 atom stereocenters. The highest BCUT2D eigenvalue weighted by atomic mass is 16.7. The van der Waals surface area contributed by atoms with Gasteiger partial charge >= 0.3 is 5.97 Å². The highest BCUT2D eigenvalue weighted by Gasteiger charge is 2.47. The summed E-state index contributed by atoms with van der Waals surface area (Å²) < 4.78 is 17.5. The van der Waals surface area contributed by atoms with Crippen molar-refractivity contribution in [3.8, 4) is 0 Å². The molecule has 0 saturated carbocycles. The van der Waals surface area contributed by atoms with E-state index in [1.807, 2.05) is 60.8 Å². The molecule has 11 heteroatoms. The number of carbonyl (C=O) groups is 2. The van der Waals surface area contributed by atoms with E-state index in [1.54, 1.807) is 6.08 Å². The van der Waals surface area contributed by atoms with Crippen LogP contribution in [0.3, 0.4) is 0 Å². The van der Waals surface area contributed by atoms with Crippen molar-refractivity contribution in [2.75, 3.05) is 13.2 Å². The third kappa shape index (κ3) is 36.0. The Balaban J connectivity index is 2.79. The minimum Gasteiger partial charge on any atom is -0.454 e. The first-order chi connectivity index (χ1) is 34.7. The standard InChI is InChI=1S/C60H99NO10/c1-4-7-10-13-16-19-22-24-26-27-28-30-33-36-39-42-45-48-55(65)71-58-57(67)56(66)54(49-62)70-60(58)69-50-51(52(63)46-43-40-37-34-31-21-18-15-12-9-6-3)61-59(68)53(64)47-44-41-38-35-32-29-25-23-20-17-14-11-8-5-2/h8,11,14,16-17,19-20,23-26,28-30,32,35,43,46,51-54,56-58,60,62-64,66-67H,4-7,9-10,12-13,15,18,21-22,27,31,33-34,36-42,44-45,47-50H2,1-3H3,(H,61,68)/b11-8+,17-14+,19-16-,23-20-,26-24-,29-25-,30-28-,35-32+,46-43+. The van der Waals surface area contributed by atoms with Gasteiger partial charge in [0.05, 0.1) is 25.4 Å². The quantitative estimate of drug-likeness (QED) is 0.0149. The number of unbranched alkanes of at least 4 members (excludes halogenated alkanes) is 18. The predicted octanol–water partition coefficient (Wildman–Crippen LogP) is 12.2. The maximum absolute atomic E-state index is 13.3. The van der Waals surface area contributed by atoms with E-state index < -0.39 is 67.4 Å². The van der Waals surface area contributed by atoms with Gasteiger partial charge in [0.2, 0.25) is 5.91 Å². The summed E-state index contributed by atoms with van der Waals surface area (Å²) in [6, 6.07) is -1.06. The van der Waals surface area contributed by atoms with Crippen molar-refractivity contribution >= 4 is 11.9 Å². The number of carbonyl (C=O) groups excluding carboxylic acids is 2. The Morgan fingerprint density at radius 2 is 1.07 bits per heavy atom. The van der Waals surface area contributed by atoms with Crippen LogP contribution < -0.4 is 5.32 Å². The van der Waals surface area contributed by atoms with Gasteiger partial charge in [-0.2, -0.15) is 0 Å². The second-order valence-corrected chi connectivity index (χ2v) is 18.7. The number of hydrogen-bond acceptors (Lipinski definition) is 10. The molecule has 0 radical (unpaired) electrons. The Hall–Kier alpha value is -3.68. The van der Waals surface area contributed by atoms with E-state index in [9.17, 15) is 35.1 Å². The largest absolute Gasteiger partial charge is 0.454 e. The van der Waals surface area contributed by atoms with E-state index in [2.05, 4.69) is 68.6 Å². The molecule has 0 aromatic rings. The van der Waals surface area contributed by atoms with Crippen LogP contribution in [0.4, 0.5) is 0 Å². The number of ether oxygens (including phenoxy) is 3. The molecular weight excluding hydrogens is 895 g/mol. The first kappa shape index (κ1) is 65.3. The van der Waals surface area contributed by atoms with Crippen LogP contribution in [0.15, 0.2) is 109 Å². The number of rotatable bonds is 44. The molecule has 71 heavy (non-hydrogen) atoms. The number of aliphatic hydroxyl groups excluding tert-OH is 5. The normalized spacial score (nSPS) is 20.5. The molecule has 8 unspecified atom stereocenters. The number of amides is 1. The molecule has 0 aliphatic carbocycles. The van der Waals surface area contributed by atoms with Crippen molar-refractivity contribution in [2.45, 2.75) is 243 Å². The van der Waals surface area contributed by atoms with Gasteiger partial charge in [-0.15, -0.1) is 0 Å². The molecule has 1 aliphatic heterocycles. The monoisotopic (exact) mass is 994 g/mol. The molecule has 6 N–H and O–H groups in total. The second kappa shape index (κ2) is 47.3. The maximum Gasteiger partial charge on any atom is 0.306 e. The fraction of sp³-hybridized carbons (Fsp3) is 0.667. The first-order valence-electron chi connectivity index (χ1n) is 27.7. The summed E-state index contributed by atoms with van der Waals surface area (Å²) in [5.74, 6) is -1.27. The van der Waals surface area contributed by atoms with Crippen molar-refractivity contribution in [3.05, 3.63) is 109 Å². The van der Waals surface area contributed by atoms with Gasteiger partial charge in [-0.25, -0.2) is 0 Å². The van der Waals surface area contributed by atoms with E-state index in [0.29, 0.717) is 12.8 Å². The zero-order valence-electron chi connectivity index (χ0n) is 44.3. The lowest BCUT2D eigenvalue weighted by Crippen LogP contribution is -2.61. The summed E-state index contributed by atoms with van der Waals surface area (Å²) in [7, 11) is 0. The molecule has 0 bridgehead atoms. The van der Waals surface area contributed by atoms with Gasteiger partial charge in [-0.1, -0.05) is 214 Å². The summed E-state index contributed by atoms with van der Waals surface area (Å²) in [5.41, 5.74) is 0. The van der Waals surface area contributed by atoms with Crippen LogP contribution in [0, 0.1) is 0 Å². The molecule has 0 aromatic carbocycles. The number of nitrogens with one attached hydrogen (secondary N) is 1. The topological polar surface area (TPSA) is 175 Å². The van der Waals surface area contributed by atoms with Gasteiger partial charge < -0.3 is 45.1 Å². The second-order valence-electron chi connectivity index (χ2n) is 18.7. The van der Waals surface area contributed by atoms with Crippen molar-refractivity contribution < 1.29 is 49.3 Å². The molecule has 11 nitrogen and oxygen atoms in total. The number of allylic oxidation sites excluding steroid dienone is 17. The van der Waals surface area contributed by atoms with E-state index in [1.165, 1.54) is 57.8 Å². The zero-order valence-corrected chi connectivity index (χ0v) is 44.3. The molecule has 1 saturated heterocycles. The summed E-state index contributed by atoms with van der Waals surface area (Å²) in [6.45, 7) is 5.53. The Kier molecular flexibility index (Phi) is 43.6.